The van der Waals surface area contributed by atoms with Gasteiger partial charge in [-0.3, -0.25) is 4.79 Å². The van der Waals surface area contributed by atoms with Gasteiger partial charge in [0.2, 0.25) is 5.91 Å². The van der Waals surface area contributed by atoms with E-state index in [9.17, 15) is 28.2 Å². The van der Waals surface area contributed by atoms with Crippen LogP contribution < -0.4 is 0 Å². The monoisotopic (exact) mass is 331 g/mol. The molecule has 0 aliphatic carbocycles. The van der Waals surface area contributed by atoms with Crippen molar-refractivity contribution in [3.63, 3.8) is 0 Å². The summed E-state index contributed by atoms with van der Waals surface area (Å²) in [5, 5.41) is 18.4. The van der Waals surface area contributed by atoms with Gasteiger partial charge < -0.3 is 15.1 Å². The molecule has 0 radical (unpaired) electrons. The molecule has 0 saturated heterocycles. The molecular formula is C16H20F3NO3. The van der Waals surface area contributed by atoms with Gasteiger partial charge in [0.1, 0.15) is 0 Å². The highest BCUT2D eigenvalue weighted by molar-refractivity contribution is 5.91. The summed E-state index contributed by atoms with van der Waals surface area (Å²) in [5.74, 6) is -0.435. The van der Waals surface area contributed by atoms with Crippen LogP contribution in [-0.2, 0) is 11.0 Å². The number of aliphatic hydroxyl groups is 2. The van der Waals surface area contributed by atoms with Crippen molar-refractivity contribution in [3.8, 4) is 0 Å². The molecule has 1 aromatic carbocycles. The van der Waals surface area contributed by atoms with Gasteiger partial charge in [-0.05, 0) is 23.8 Å². The van der Waals surface area contributed by atoms with Crippen molar-refractivity contribution in [1.29, 1.82) is 0 Å². The lowest BCUT2D eigenvalue weighted by atomic mass is 9.92. The third-order valence-electron chi connectivity index (χ3n) is 3.39. The van der Waals surface area contributed by atoms with Crippen LogP contribution in [0, 0.1) is 5.41 Å². The van der Waals surface area contributed by atoms with E-state index in [2.05, 4.69) is 0 Å². The van der Waals surface area contributed by atoms with Crippen molar-refractivity contribution >= 4 is 12.0 Å². The minimum atomic E-state index is -4.44. The average molecular weight is 331 g/mol. The number of aliphatic hydroxyl groups excluding tert-OH is 2. The molecule has 4 nitrogen and oxygen atoms in total. The number of carbonyl (C=O) groups is 1. The fraction of sp³-hybridized carbons (Fsp3) is 0.438. The van der Waals surface area contributed by atoms with Crippen molar-refractivity contribution in [2.24, 2.45) is 5.41 Å². The summed E-state index contributed by atoms with van der Waals surface area (Å²) in [4.78, 5) is 13.2. The summed E-state index contributed by atoms with van der Waals surface area (Å²) in [6, 6.07) is 4.64. The molecule has 1 rings (SSSR count). The van der Waals surface area contributed by atoms with Crippen LogP contribution in [0.2, 0.25) is 0 Å². The molecule has 0 spiro atoms. The highest BCUT2D eigenvalue weighted by Gasteiger charge is 2.30. The molecule has 1 aromatic rings. The first-order chi connectivity index (χ1) is 10.6. The van der Waals surface area contributed by atoms with E-state index in [1.54, 1.807) is 6.92 Å². The van der Waals surface area contributed by atoms with Crippen LogP contribution in [0.5, 0.6) is 0 Å². The smallest absolute Gasteiger partial charge is 0.396 e. The quantitative estimate of drug-likeness (QED) is 0.786. The molecule has 0 heterocycles. The molecule has 0 saturated carbocycles. The Morgan fingerprint density at radius 1 is 1.26 bits per heavy atom. The molecular weight excluding hydrogens is 311 g/mol. The first-order valence-electron chi connectivity index (χ1n) is 6.93. The van der Waals surface area contributed by atoms with Crippen LogP contribution in [0.25, 0.3) is 6.08 Å². The summed E-state index contributed by atoms with van der Waals surface area (Å²) in [7, 11) is 1.49. The summed E-state index contributed by atoms with van der Waals surface area (Å²) in [6.07, 6.45) is -1.98. The first-order valence-corrected chi connectivity index (χ1v) is 6.93. The van der Waals surface area contributed by atoms with Crippen molar-refractivity contribution < 1.29 is 28.2 Å². The lowest BCUT2D eigenvalue weighted by Crippen LogP contribution is -2.41. The molecule has 0 bridgehead atoms. The zero-order valence-corrected chi connectivity index (χ0v) is 13.0. The molecule has 0 aliphatic heterocycles. The van der Waals surface area contributed by atoms with E-state index in [0.29, 0.717) is 0 Å². The average Bonchev–Trinajstić information content (AvgIpc) is 2.51. The number of benzene rings is 1. The molecule has 0 aromatic heterocycles. The van der Waals surface area contributed by atoms with Crippen molar-refractivity contribution in [1.82, 2.24) is 4.90 Å². The lowest BCUT2D eigenvalue weighted by molar-refractivity contribution is -0.137. The predicted octanol–water partition coefficient (Wildman–Crippen LogP) is 2.17. The number of nitrogens with zero attached hydrogens (tertiary/aromatic N) is 1. The van der Waals surface area contributed by atoms with E-state index in [1.165, 1.54) is 30.2 Å². The minimum absolute atomic E-state index is 0.117. The maximum absolute atomic E-state index is 12.6. The largest absolute Gasteiger partial charge is 0.416 e. The van der Waals surface area contributed by atoms with Gasteiger partial charge in [-0.15, -0.1) is 0 Å². The van der Waals surface area contributed by atoms with Crippen LogP contribution in [0.3, 0.4) is 0 Å². The van der Waals surface area contributed by atoms with Crippen molar-refractivity contribution in [2.45, 2.75) is 13.1 Å². The Kier molecular flexibility index (Phi) is 6.35. The van der Waals surface area contributed by atoms with E-state index < -0.39 is 23.1 Å². The van der Waals surface area contributed by atoms with Crippen molar-refractivity contribution in [2.75, 3.05) is 26.8 Å². The number of hydrogen-bond acceptors (Lipinski definition) is 3. The third-order valence-corrected chi connectivity index (χ3v) is 3.39. The van der Waals surface area contributed by atoms with E-state index in [1.807, 2.05) is 0 Å². The number of hydrogen-bond donors (Lipinski definition) is 2. The third kappa shape index (κ3) is 5.69. The van der Waals surface area contributed by atoms with Gasteiger partial charge in [-0.1, -0.05) is 19.1 Å². The zero-order valence-electron chi connectivity index (χ0n) is 13.0. The highest BCUT2D eigenvalue weighted by atomic mass is 19.4. The second kappa shape index (κ2) is 7.61. The molecule has 0 atom stereocenters. The van der Waals surface area contributed by atoms with Crippen LogP contribution in [0.15, 0.2) is 30.3 Å². The summed E-state index contributed by atoms with van der Waals surface area (Å²) >= 11 is 0. The minimum Gasteiger partial charge on any atom is -0.396 e. The molecule has 23 heavy (non-hydrogen) atoms. The van der Waals surface area contributed by atoms with Crippen LogP contribution in [-0.4, -0.2) is 47.8 Å². The van der Waals surface area contributed by atoms with E-state index >= 15 is 0 Å². The first kappa shape index (κ1) is 19.2. The number of rotatable bonds is 6. The second-order valence-electron chi connectivity index (χ2n) is 5.78. The number of likely N-dealkylation sites (N-methyl/N-ethyl adjacent to an activating group) is 1. The number of carbonyl (C=O) groups excluding carboxylic acids is 1. The van der Waals surface area contributed by atoms with Crippen molar-refractivity contribution in [3.05, 3.63) is 41.5 Å². The normalized spacial score (nSPS) is 12.7. The van der Waals surface area contributed by atoms with Gasteiger partial charge in [0.25, 0.3) is 0 Å². The lowest BCUT2D eigenvalue weighted by Gasteiger charge is -2.29. The highest BCUT2D eigenvalue weighted by Crippen LogP contribution is 2.29. The van der Waals surface area contributed by atoms with Gasteiger partial charge in [-0.25, -0.2) is 0 Å². The number of halogens is 3. The number of alkyl halides is 3. The van der Waals surface area contributed by atoms with E-state index in [4.69, 9.17) is 0 Å². The predicted molar refractivity (Wildman–Crippen MR) is 80.4 cm³/mol. The van der Waals surface area contributed by atoms with Gasteiger partial charge in [0.15, 0.2) is 0 Å². The maximum Gasteiger partial charge on any atom is 0.416 e. The molecule has 0 fully saturated rings. The second-order valence-corrected chi connectivity index (χ2v) is 5.78. The molecule has 1 amide bonds. The standard InChI is InChI=1S/C16H20F3NO3/c1-15(10-21,11-22)9-20(2)14(23)7-6-12-4-3-5-13(8-12)16(17,18)19/h3-8,21-22H,9-11H2,1-2H3/b7-6+. The van der Waals surface area contributed by atoms with E-state index in [-0.39, 0.29) is 25.3 Å². The Balaban J connectivity index is 2.79. The van der Waals surface area contributed by atoms with Crippen LogP contribution >= 0.6 is 0 Å². The Bertz CT molecular complexity index is 566. The van der Waals surface area contributed by atoms with E-state index in [0.717, 1.165) is 18.2 Å². The number of amides is 1. The fourth-order valence-corrected chi connectivity index (χ4v) is 1.91. The van der Waals surface area contributed by atoms with Gasteiger partial charge in [0.05, 0.1) is 18.8 Å². The molecule has 0 unspecified atom stereocenters. The summed E-state index contributed by atoms with van der Waals surface area (Å²) in [6.45, 7) is 1.15. The molecule has 0 aliphatic rings. The Hall–Kier alpha value is -1.86. The molecule has 7 heteroatoms. The molecule has 2 N–H and O–H groups in total. The SMILES string of the molecule is CN(CC(C)(CO)CO)C(=O)/C=C/c1cccc(C(F)(F)F)c1. The summed E-state index contributed by atoms with van der Waals surface area (Å²) < 4.78 is 37.8. The Labute approximate surface area is 132 Å². The van der Waals surface area contributed by atoms with Gasteiger partial charge in [-0.2, -0.15) is 13.2 Å². The van der Waals surface area contributed by atoms with Gasteiger partial charge >= 0.3 is 6.18 Å². The summed E-state index contributed by atoms with van der Waals surface area (Å²) in [5.41, 5.74) is -1.36. The van der Waals surface area contributed by atoms with Crippen LogP contribution in [0.1, 0.15) is 18.1 Å². The Morgan fingerprint density at radius 3 is 2.39 bits per heavy atom. The Morgan fingerprint density at radius 2 is 1.87 bits per heavy atom. The van der Waals surface area contributed by atoms with Crippen LogP contribution in [0.4, 0.5) is 13.2 Å². The van der Waals surface area contributed by atoms with Gasteiger partial charge in [0, 0.05) is 25.1 Å². The zero-order chi connectivity index (χ0) is 17.7. The maximum atomic E-state index is 12.6. The molecule has 128 valence electrons. The fourth-order valence-electron chi connectivity index (χ4n) is 1.91. The topological polar surface area (TPSA) is 60.8 Å².